The number of hydrogen-bond donors (Lipinski definition) is 3. The van der Waals surface area contributed by atoms with Gasteiger partial charge < -0.3 is 20.1 Å². The Morgan fingerprint density at radius 2 is 2.00 bits per heavy atom. The van der Waals surface area contributed by atoms with Gasteiger partial charge in [-0.15, -0.1) is 0 Å². The number of nitrogens with zero attached hydrogens (tertiary/aromatic N) is 2. The molecule has 0 fully saturated rings. The van der Waals surface area contributed by atoms with E-state index >= 15 is 0 Å². The smallest absolute Gasteiger partial charge is 0.251 e. The third-order valence-corrected chi connectivity index (χ3v) is 2.37. The van der Waals surface area contributed by atoms with Crippen LogP contribution in [-0.4, -0.2) is 32.8 Å². The van der Waals surface area contributed by atoms with Gasteiger partial charge in [0, 0.05) is 31.5 Å². The lowest BCUT2D eigenvalue weighted by atomic mass is 10.2. The minimum Gasteiger partial charge on any atom is -0.508 e. The fourth-order valence-electron chi connectivity index (χ4n) is 1.56. The van der Waals surface area contributed by atoms with Gasteiger partial charge >= 0.3 is 0 Å². The van der Waals surface area contributed by atoms with E-state index in [0.29, 0.717) is 24.7 Å². The van der Waals surface area contributed by atoms with Crippen LogP contribution in [0.5, 0.6) is 11.5 Å². The van der Waals surface area contributed by atoms with Gasteiger partial charge in [-0.05, 0) is 12.1 Å². The molecule has 0 bridgehead atoms. The van der Waals surface area contributed by atoms with Crippen molar-refractivity contribution in [3.05, 3.63) is 35.5 Å². The van der Waals surface area contributed by atoms with Gasteiger partial charge in [0.25, 0.3) is 5.91 Å². The molecule has 0 atom stereocenters. The summed E-state index contributed by atoms with van der Waals surface area (Å²) < 4.78 is 4.80. The normalized spacial score (nSPS) is 10.4. The van der Waals surface area contributed by atoms with Gasteiger partial charge in [-0.3, -0.25) is 4.79 Å². The summed E-state index contributed by atoms with van der Waals surface area (Å²) in [5.41, 5.74) is 0.182. The molecule has 0 spiro atoms. The molecule has 19 heavy (non-hydrogen) atoms. The first-order valence-electron chi connectivity index (χ1n) is 5.65. The first-order chi connectivity index (χ1) is 9.04. The number of nitrogens with one attached hydrogen (secondary N) is 1. The Balaban J connectivity index is 1.90. The fraction of sp³-hybridized carbons (Fsp3) is 0.250. The standard InChI is InChI=1S/C12H13N3O4/c1-7-14-11(15-19-7)2-3-13-12(18)8-4-9(16)6-10(17)5-8/h4-6,16-17H,2-3H2,1H3,(H,13,18). The average Bonchev–Trinajstić information content (AvgIpc) is 2.73. The summed E-state index contributed by atoms with van der Waals surface area (Å²) >= 11 is 0. The molecular formula is C12H13N3O4. The van der Waals surface area contributed by atoms with Gasteiger partial charge in [0.15, 0.2) is 5.82 Å². The zero-order valence-corrected chi connectivity index (χ0v) is 10.3. The summed E-state index contributed by atoms with van der Waals surface area (Å²) in [6.45, 7) is 2.01. The molecule has 3 N–H and O–H groups in total. The Kier molecular flexibility index (Phi) is 3.65. The van der Waals surface area contributed by atoms with Crippen molar-refractivity contribution in [2.45, 2.75) is 13.3 Å². The van der Waals surface area contributed by atoms with Crippen molar-refractivity contribution in [1.29, 1.82) is 0 Å². The van der Waals surface area contributed by atoms with Crippen LogP contribution in [0.25, 0.3) is 0 Å². The highest BCUT2D eigenvalue weighted by Crippen LogP contribution is 2.20. The number of phenolic OH excluding ortho intramolecular Hbond substituents is 2. The van der Waals surface area contributed by atoms with Crippen LogP contribution < -0.4 is 5.32 Å². The molecule has 0 saturated heterocycles. The number of aromatic hydroxyl groups is 2. The highest BCUT2D eigenvalue weighted by atomic mass is 16.5. The number of carbonyl (C=O) groups is 1. The van der Waals surface area contributed by atoms with Gasteiger partial charge in [0.05, 0.1) is 0 Å². The number of aryl methyl sites for hydroxylation is 1. The van der Waals surface area contributed by atoms with E-state index in [0.717, 1.165) is 6.07 Å². The summed E-state index contributed by atoms with van der Waals surface area (Å²) in [5.74, 6) is 0.250. The zero-order valence-electron chi connectivity index (χ0n) is 10.3. The molecule has 7 nitrogen and oxygen atoms in total. The summed E-state index contributed by atoms with van der Waals surface area (Å²) in [6.07, 6.45) is 0.438. The number of rotatable bonds is 4. The predicted molar refractivity (Wildman–Crippen MR) is 64.8 cm³/mol. The molecule has 0 saturated carbocycles. The molecular weight excluding hydrogens is 250 g/mol. The summed E-state index contributed by atoms with van der Waals surface area (Å²) in [6, 6.07) is 3.69. The third-order valence-electron chi connectivity index (χ3n) is 2.37. The molecule has 0 aliphatic carbocycles. The van der Waals surface area contributed by atoms with E-state index in [4.69, 9.17) is 4.52 Å². The van der Waals surface area contributed by atoms with Gasteiger partial charge in [-0.25, -0.2) is 0 Å². The lowest BCUT2D eigenvalue weighted by Crippen LogP contribution is -2.25. The van der Waals surface area contributed by atoms with Crippen molar-refractivity contribution in [2.75, 3.05) is 6.54 Å². The van der Waals surface area contributed by atoms with E-state index in [1.54, 1.807) is 6.92 Å². The van der Waals surface area contributed by atoms with Crippen LogP contribution >= 0.6 is 0 Å². The van der Waals surface area contributed by atoms with E-state index in [-0.39, 0.29) is 17.1 Å². The molecule has 0 radical (unpaired) electrons. The highest BCUT2D eigenvalue weighted by molar-refractivity contribution is 5.95. The molecule has 0 aliphatic heterocycles. The Morgan fingerprint density at radius 1 is 1.32 bits per heavy atom. The highest BCUT2D eigenvalue weighted by Gasteiger charge is 2.09. The SMILES string of the molecule is Cc1nc(CCNC(=O)c2cc(O)cc(O)c2)no1. The van der Waals surface area contributed by atoms with Gasteiger partial charge in [-0.1, -0.05) is 5.16 Å². The summed E-state index contributed by atoms with van der Waals surface area (Å²) in [7, 11) is 0. The Morgan fingerprint density at radius 3 is 2.58 bits per heavy atom. The van der Waals surface area contributed by atoms with Crippen LogP contribution in [0.15, 0.2) is 22.7 Å². The quantitative estimate of drug-likeness (QED) is 0.751. The minimum atomic E-state index is -0.397. The van der Waals surface area contributed by atoms with E-state index < -0.39 is 5.91 Å². The van der Waals surface area contributed by atoms with E-state index in [1.165, 1.54) is 12.1 Å². The average molecular weight is 263 g/mol. The summed E-state index contributed by atoms with van der Waals surface area (Å²) in [5, 5.41) is 24.9. The molecule has 0 unspecified atom stereocenters. The van der Waals surface area contributed by atoms with Crippen LogP contribution in [-0.2, 0) is 6.42 Å². The molecule has 7 heteroatoms. The van der Waals surface area contributed by atoms with Crippen molar-refractivity contribution >= 4 is 5.91 Å². The molecule has 1 amide bonds. The topological polar surface area (TPSA) is 108 Å². The van der Waals surface area contributed by atoms with Crippen LogP contribution in [0.1, 0.15) is 22.1 Å². The molecule has 2 aromatic rings. The number of benzene rings is 1. The minimum absolute atomic E-state index is 0.168. The van der Waals surface area contributed by atoms with Crippen molar-refractivity contribution in [3.8, 4) is 11.5 Å². The summed E-state index contributed by atoms with van der Waals surface area (Å²) in [4.78, 5) is 15.7. The second kappa shape index (κ2) is 5.38. The lowest BCUT2D eigenvalue weighted by Gasteiger charge is -2.04. The number of aromatic nitrogens is 2. The first-order valence-corrected chi connectivity index (χ1v) is 5.65. The first kappa shape index (κ1) is 12.9. The van der Waals surface area contributed by atoms with Crippen LogP contribution in [0.3, 0.4) is 0 Å². The molecule has 100 valence electrons. The Labute approximate surface area is 108 Å². The van der Waals surface area contributed by atoms with E-state index in [2.05, 4.69) is 15.5 Å². The van der Waals surface area contributed by atoms with Crippen molar-refractivity contribution in [1.82, 2.24) is 15.5 Å². The van der Waals surface area contributed by atoms with Gasteiger partial charge in [-0.2, -0.15) is 4.98 Å². The predicted octanol–water partition coefficient (Wildman–Crippen LogP) is 0.762. The largest absolute Gasteiger partial charge is 0.508 e. The second-order valence-corrected chi connectivity index (χ2v) is 3.97. The zero-order chi connectivity index (χ0) is 13.8. The molecule has 2 rings (SSSR count). The van der Waals surface area contributed by atoms with Crippen molar-refractivity contribution < 1.29 is 19.5 Å². The number of phenols is 2. The number of hydrogen-bond acceptors (Lipinski definition) is 6. The molecule has 0 aliphatic rings. The monoisotopic (exact) mass is 263 g/mol. The maximum atomic E-state index is 11.7. The number of amides is 1. The molecule has 1 heterocycles. The number of carbonyl (C=O) groups excluding carboxylic acids is 1. The van der Waals surface area contributed by atoms with Gasteiger partial charge in [0.1, 0.15) is 11.5 Å². The Hall–Kier alpha value is -2.57. The fourth-order valence-corrected chi connectivity index (χ4v) is 1.56. The van der Waals surface area contributed by atoms with E-state index in [9.17, 15) is 15.0 Å². The van der Waals surface area contributed by atoms with Crippen molar-refractivity contribution in [3.63, 3.8) is 0 Å². The maximum absolute atomic E-state index is 11.7. The third kappa shape index (κ3) is 3.44. The van der Waals surface area contributed by atoms with E-state index in [1.807, 2.05) is 0 Å². The van der Waals surface area contributed by atoms with Gasteiger partial charge in [0.2, 0.25) is 5.89 Å². The van der Waals surface area contributed by atoms with Crippen LogP contribution in [0.2, 0.25) is 0 Å². The Bertz CT molecular complexity index is 574. The molecule has 1 aromatic heterocycles. The molecule has 1 aromatic carbocycles. The van der Waals surface area contributed by atoms with Crippen LogP contribution in [0, 0.1) is 6.92 Å². The second-order valence-electron chi connectivity index (χ2n) is 3.97. The maximum Gasteiger partial charge on any atom is 0.251 e. The van der Waals surface area contributed by atoms with Crippen molar-refractivity contribution in [2.24, 2.45) is 0 Å². The van der Waals surface area contributed by atoms with Crippen LogP contribution in [0.4, 0.5) is 0 Å². The lowest BCUT2D eigenvalue weighted by molar-refractivity contribution is 0.0953.